The highest BCUT2D eigenvalue weighted by atomic mass is 35.5. The summed E-state index contributed by atoms with van der Waals surface area (Å²) in [5.74, 6) is -0.706. The third-order valence-corrected chi connectivity index (χ3v) is 7.79. The molecule has 190 valence electrons. The lowest BCUT2D eigenvalue weighted by molar-refractivity contribution is -0.139. The Bertz CT molecular complexity index is 1150. The van der Waals surface area contributed by atoms with Crippen LogP contribution in [-0.4, -0.2) is 50.0 Å². The molecule has 2 aromatic rings. The molecule has 7 nitrogen and oxygen atoms in total. The van der Waals surface area contributed by atoms with Gasteiger partial charge in [-0.3, -0.25) is 13.9 Å². The molecule has 0 spiro atoms. The van der Waals surface area contributed by atoms with Crippen molar-refractivity contribution < 1.29 is 18.0 Å². The van der Waals surface area contributed by atoms with Gasteiger partial charge in [-0.2, -0.15) is 0 Å². The normalized spacial score (nSPS) is 15.0. The van der Waals surface area contributed by atoms with E-state index in [2.05, 4.69) is 5.32 Å². The lowest BCUT2D eigenvalue weighted by atomic mass is 10.1. The first-order valence-corrected chi connectivity index (χ1v) is 14.2. The average molecular weight is 520 g/mol. The molecule has 1 atom stereocenters. The van der Waals surface area contributed by atoms with Gasteiger partial charge in [0.2, 0.25) is 21.8 Å². The molecule has 1 N–H and O–H groups in total. The number of benzene rings is 2. The van der Waals surface area contributed by atoms with Crippen molar-refractivity contribution >= 4 is 39.1 Å². The number of hydrogen-bond donors (Lipinski definition) is 1. The summed E-state index contributed by atoms with van der Waals surface area (Å²) in [6.45, 7) is 3.34. The second-order valence-electron chi connectivity index (χ2n) is 9.07. The lowest BCUT2D eigenvalue weighted by Gasteiger charge is -2.32. The van der Waals surface area contributed by atoms with Crippen LogP contribution in [0.3, 0.4) is 0 Å². The van der Waals surface area contributed by atoms with Crippen molar-refractivity contribution in [1.82, 2.24) is 10.2 Å². The van der Waals surface area contributed by atoms with Crippen molar-refractivity contribution in [3.05, 3.63) is 64.7 Å². The zero-order chi connectivity index (χ0) is 25.6. The summed E-state index contributed by atoms with van der Waals surface area (Å²) in [6.07, 6.45) is 5.70. The molecule has 3 rings (SSSR count). The third kappa shape index (κ3) is 7.21. The van der Waals surface area contributed by atoms with E-state index >= 15 is 0 Å². The molecule has 2 amide bonds. The summed E-state index contributed by atoms with van der Waals surface area (Å²) in [5, 5.41) is 3.57. The number of sulfonamides is 1. The number of carbonyl (C=O) groups is 2. The largest absolute Gasteiger partial charge is 0.352 e. The highest BCUT2D eigenvalue weighted by Gasteiger charge is 2.31. The van der Waals surface area contributed by atoms with Crippen LogP contribution in [0.4, 0.5) is 5.69 Å². The Kier molecular flexibility index (Phi) is 9.19. The van der Waals surface area contributed by atoms with E-state index in [1.165, 1.54) is 4.90 Å². The first-order chi connectivity index (χ1) is 16.6. The van der Waals surface area contributed by atoms with Crippen molar-refractivity contribution in [3.63, 3.8) is 0 Å². The Balaban J connectivity index is 1.90. The number of nitrogens with zero attached hydrogens (tertiary/aromatic N) is 2. The summed E-state index contributed by atoms with van der Waals surface area (Å²) in [4.78, 5) is 28.2. The molecule has 0 unspecified atom stereocenters. The third-order valence-electron chi connectivity index (χ3n) is 6.43. The number of rotatable bonds is 10. The van der Waals surface area contributed by atoms with E-state index in [4.69, 9.17) is 11.6 Å². The molecular weight excluding hydrogens is 486 g/mol. The summed E-state index contributed by atoms with van der Waals surface area (Å²) >= 11 is 6.15. The number of amides is 2. The highest BCUT2D eigenvalue weighted by molar-refractivity contribution is 7.92. The van der Waals surface area contributed by atoms with E-state index in [0.717, 1.165) is 47.4 Å². The second-order valence-corrected chi connectivity index (χ2v) is 11.4. The van der Waals surface area contributed by atoms with E-state index in [1.807, 2.05) is 25.1 Å². The van der Waals surface area contributed by atoms with Crippen LogP contribution in [0.15, 0.2) is 48.5 Å². The molecular formula is C26H34ClN3O4S. The van der Waals surface area contributed by atoms with E-state index in [0.29, 0.717) is 17.1 Å². The lowest BCUT2D eigenvalue weighted by Crippen LogP contribution is -2.52. The number of para-hydroxylation sites is 1. The van der Waals surface area contributed by atoms with Gasteiger partial charge in [-0.15, -0.1) is 0 Å². The molecule has 2 aromatic carbocycles. The SMILES string of the molecule is CCc1ccccc1N(CC(=O)N(Cc1cccc(Cl)c1)[C@H](C)C(=O)NC1CCCC1)S(C)(=O)=O. The van der Waals surface area contributed by atoms with E-state index in [1.54, 1.807) is 37.3 Å². The maximum Gasteiger partial charge on any atom is 0.244 e. The van der Waals surface area contributed by atoms with Crippen LogP contribution < -0.4 is 9.62 Å². The van der Waals surface area contributed by atoms with Gasteiger partial charge in [0.1, 0.15) is 12.6 Å². The van der Waals surface area contributed by atoms with Crippen LogP contribution in [-0.2, 0) is 32.6 Å². The number of nitrogens with one attached hydrogen (secondary N) is 1. The van der Waals surface area contributed by atoms with Crippen molar-refractivity contribution in [2.24, 2.45) is 0 Å². The van der Waals surface area contributed by atoms with Gasteiger partial charge in [-0.05, 0) is 55.5 Å². The Morgan fingerprint density at radius 3 is 2.43 bits per heavy atom. The van der Waals surface area contributed by atoms with Gasteiger partial charge in [0.05, 0.1) is 11.9 Å². The van der Waals surface area contributed by atoms with E-state index in [-0.39, 0.29) is 18.5 Å². The van der Waals surface area contributed by atoms with Gasteiger partial charge in [-0.25, -0.2) is 8.42 Å². The predicted molar refractivity (Wildman–Crippen MR) is 140 cm³/mol. The van der Waals surface area contributed by atoms with Crippen LogP contribution in [0.1, 0.15) is 50.7 Å². The minimum atomic E-state index is -3.76. The topological polar surface area (TPSA) is 86.8 Å². The molecule has 35 heavy (non-hydrogen) atoms. The molecule has 0 aromatic heterocycles. The quantitative estimate of drug-likeness (QED) is 0.511. The zero-order valence-electron chi connectivity index (χ0n) is 20.5. The van der Waals surface area contributed by atoms with Crippen LogP contribution in [0.5, 0.6) is 0 Å². The minimum absolute atomic E-state index is 0.108. The van der Waals surface area contributed by atoms with Crippen LogP contribution in [0, 0.1) is 0 Å². The van der Waals surface area contributed by atoms with Gasteiger partial charge >= 0.3 is 0 Å². The number of anilines is 1. The Labute approximate surface area is 213 Å². The van der Waals surface area contributed by atoms with E-state index in [9.17, 15) is 18.0 Å². The molecule has 0 radical (unpaired) electrons. The first kappa shape index (κ1) is 27.0. The Morgan fingerprint density at radius 1 is 1.11 bits per heavy atom. The van der Waals surface area contributed by atoms with Gasteiger partial charge < -0.3 is 10.2 Å². The fourth-order valence-corrected chi connectivity index (χ4v) is 5.55. The predicted octanol–water partition coefficient (Wildman–Crippen LogP) is 4.14. The fourth-order valence-electron chi connectivity index (χ4n) is 4.45. The smallest absolute Gasteiger partial charge is 0.244 e. The summed E-state index contributed by atoms with van der Waals surface area (Å²) < 4.78 is 26.6. The van der Waals surface area contributed by atoms with Crippen molar-refractivity contribution in [2.45, 2.75) is 64.6 Å². The molecule has 9 heteroatoms. The first-order valence-electron chi connectivity index (χ1n) is 12.0. The zero-order valence-corrected chi connectivity index (χ0v) is 22.1. The summed E-state index contributed by atoms with van der Waals surface area (Å²) in [5.41, 5.74) is 2.04. The van der Waals surface area contributed by atoms with Gasteiger partial charge in [-0.1, -0.05) is 61.7 Å². The van der Waals surface area contributed by atoms with Crippen molar-refractivity contribution in [1.29, 1.82) is 0 Å². The molecule has 1 fully saturated rings. The van der Waals surface area contributed by atoms with Gasteiger partial charge in [0, 0.05) is 17.6 Å². The number of hydrogen-bond acceptors (Lipinski definition) is 4. The monoisotopic (exact) mass is 519 g/mol. The van der Waals surface area contributed by atoms with E-state index < -0.39 is 28.5 Å². The fraction of sp³-hybridized carbons (Fsp3) is 0.462. The maximum absolute atomic E-state index is 13.7. The van der Waals surface area contributed by atoms with Gasteiger partial charge in [0.15, 0.2) is 0 Å². The Hall–Kier alpha value is -2.58. The maximum atomic E-state index is 13.7. The highest BCUT2D eigenvalue weighted by Crippen LogP contribution is 2.24. The number of carbonyl (C=O) groups excluding carboxylic acids is 2. The van der Waals surface area contributed by atoms with Gasteiger partial charge in [0.25, 0.3) is 0 Å². The molecule has 1 aliphatic carbocycles. The molecule has 0 bridgehead atoms. The molecule has 0 heterocycles. The van der Waals surface area contributed by atoms with Crippen LogP contribution in [0.2, 0.25) is 5.02 Å². The number of aryl methyl sites for hydroxylation is 1. The molecule has 0 saturated heterocycles. The van der Waals surface area contributed by atoms with Crippen molar-refractivity contribution in [2.75, 3.05) is 17.1 Å². The minimum Gasteiger partial charge on any atom is -0.352 e. The van der Waals surface area contributed by atoms with Crippen LogP contribution in [0.25, 0.3) is 0 Å². The standard InChI is InChI=1S/C26H34ClN3O4S/c1-4-21-11-5-8-15-24(21)30(35(3,33)34)18-25(31)29(17-20-10-9-12-22(27)16-20)19(2)26(32)28-23-13-6-7-14-23/h5,8-12,15-16,19,23H,4,6-7,13-14,17-18H2,1-3H3,(H,28,32)/t19-/m1/s1. The van der Waals surface area contributed by atoms with Crippen molar-refractivity contribution in [3.8, 4) is 0 Å². The number of halogens is 1. The molecule has 1 saturated carbocycles. The molecule has 1 aliphatic rings. The average Bonchev–Trinajstić information content (AvgIpc) is 3.32. The molecule has 0 aliphatic heterocycles. The Morgan fingerprint density at radius 2 is 1.80 bits per heavy atom. The second kappa shape index (κ2) is 11.9. The summed E-state index contributed by atoms with van der Waals surface area (Å²) in [6, 6.07) is 13.5. The summed E-state index contributed by atoms with van der Waals surface area (Å²) in [7, 11) is -3.76. The van der Waals surface area contributed by atoms with Crippen LogP contribution >= 0.6 is 11.6 Å².